The van der Waals surface area contributed by atoms with E-state index in [1.165, 1.54) is 7.11 Å². The van der Waals surface area contributed by atoms with Gasteiger partial charge in [-0.3, -0.25) is 0 Å². The van der Waals surface area contributed by atoms with Crippen molar-refractivity contribution in [3.8, 4) is 0 Å². The third-order valence-corrected chi connectivity index (χ3v) is 6.66. The highest BCUT2D eigenvalue weighted by atomic mass is 19.1. The Labute approximate surface area is 193 Å². The monoisotopic (exact) mass is 456 g/mol. The van der Waals surface area contributed by atoms with Gasteiger partial charge < -0.3 is 24.7 Å². The van der Waals surface area contributed by atoms with Gasteiger partial charge >= 0.3 is 13.1 Å². The molecule has 8 nitrogen and oxygen atoms in total. The van der Waals surface area contributed by atoms with E-state index < -0.39 is 30.1 Å². The van der Waals surface area contributed by atoms with Crippen molar-refractivity contribution in [2.75, 3.05) is 17.7 Å². The van der Waals surface area contributed by atoms with Gasteiger partial charge in [0.2, 0.25) is 5.95 Å². The number of halogens is 1. The lowest BCUT2D eigenvalue weighted by Gasteiger charge is -2.32. The second-order valence-corrected chi connectivity index (χ2v) is 9.52. The maximum Gasteiger partial charge on any atom is 0.495 e. The first-order valence-electron chi connectivity index (χ1n) is 11.2. The Morgan fingerprint density at radius 2 is 1.85 bits per heavy atom. The summed E-state index contributed by atoms with van der Waals surface area (Å²) in [6.07, 6.45) is 5.37. The minimum Gasteiger partial charge on any atom is -0.465 e. The van der Waals surface area contributed by atoms with E-state index >= 15 is 0 Å². The van der Waals surface area contributed by atoms with Gasteiger partial charge in [-0.1, -0.05) is 18.9 Å². The molecule has 0 bridgehead atoms. The number of benzene rings is 1. The Kier molecular flexibility index (Phi) is 6.33. The highest BCUT2D eigenvalue weighted by molar-refractivity contribution is 6.63. The van der Waals surface area contributed by atoms with Gasteiger partial charge in [-0.15, -0.1) is 0 Å². The van der Waals surface area contributed by atoms with Crippen LogP contribution < -0.4 is 16.1 Å². The van der Waals surface area contributed by atoms with Crippen molar-refractivity contribution in [2.45, 2.75) is 70.6 Å². The molecule has 0 radical (unpaired) electrons. The SMILES string of the molecule is COC(=O)c1cc(Nc2ncc(F)c(NC3CCCC3)n2)ccc1B1OC(C)(C)C(C)(C)O1. The molecule has 0 atom stereocenters. The number of aromatic nitrogens is 2. The molecule has 4 rings (SSSR count). The summed E-state index contributed by atoms with van der Waals surface area (Å²) < 4.78 is 31.4. The summed E-state index contributed by atoms with van der Waals surface area (Å²) in [6, 6.07) is 5.36. The van der Waals surface area contributed by atoms with Crippen molar-refractivity contribution in [3.05, 3.63) is 35.8 Å². The van der Waals surface area contributed by atoms with Crippen LogP contribution in [-0.4, -0.2) is 47.4 Å². The quantitative estimate of drug-likeness (QED) is 0.501. The molecule has 10 heteroatoms. The fraction of sp³-hybridized carbons (Fsp3) is 0.522. The van der Waals surface area contributed by atoms with Gasteiger partial charge in [-0.2, -0.15) is 4.98 Å². The van der Waals surface area contributed by atoms with Gasteiger partial charge in [-0.05, 0) is 58.1 Å². The van der Waals surface area contributed by atoms with Gasteiger partial charge in [0.1, 0.15) is 0 Å². The molecule has 1 saturated carbocycles. The third-order valence-electron chi connectivity index (χ3n) is 6.66. The summed E-state index contributed by atoms with van der Waals surface area (Å²) in [5, 5.41) is 6.21. The van der Waals surface area contributed by atoms with Crippen LogP contribution in [0, 0.1) is 5.82 Å². The number of anilines is 3. The van der Waals surface area contributed by atoms with E-state index in [0.29, 0.717) is 16.7 Å². The first-order chi connectivity index (χ1) is 15.6. The lowest BCUT2D eigenvalue weighted by Crippen LogP contribution is -2.41. The molecule has 2 aromatic rings. The largest absolute Gasteiger partial charge is 0.495 e. The topological polar surface area (TPSA) is 94.6 Å². The molecular formula is C23H30BFN4O4. The first kappa shape index (κ1) is 23.4. The fourth-order valence-corrected chi connectivity index (χ4v) is 4.02. The Bertz CT molecular complexity index is 1030. The standard InChI is InChI=1S/C23H30BFN4O4/c1-22(2)23(3,4)33-24(32-22)17-11-10-15(12-16(17)20(30)31-5)28-21-26-13-18(25)19(29-21)27-14-8-6-7-9-14/h10-14H,6-9H2,1-5H3,(H2,26,27,28,29). The average Bonchev–Trinajstić information content (AvgIpc) is 3.35. The van der Waals surface area contributed by atoms with Gasteiger partial charge in [0.25, 0.3) is 0 Å². The van der Waals surface area contributed by atoms with Crippen molar-refractivity contribution in [1.82, 2.24) is 9.97 Å². The maximum atomic E-state index is 14.2. The molecule has 176 valence electrons. The zero-order valence-electron chi connectivity index (χ0n) is 19.7. The Morgan fingerprint density at radius 1 is 1.18 bits per heavy atom. The number of rotatable bonds is 6. The van der Waals surface area contributed by atoms with Crippen LogP contribution in [0.1, 0.15) is 63.7 Å². The molecule has 2 heterocycles. The van der Waals surface area contributed by atoms with Crippen LogP contribution in [0.25, 0.3) is 0 Å². The summed E-state index contributed by atoms with van der Waals surface area (Å²) >= 11 is 0. The average molecular weight is 456 g/mol. The zero-order valence-corrected chi connectivity index (χ0v) is 19.7. The number of nitrogens with one attached hydrogen (secondary N) is 2. The number of hydrogen-bond donors (Lipinski definition) is 2. The summed E-state index contributed by atoms with van der Waals surface area (Å²) in [4.78, 5) is 20.9. The zero-order chi connectivity index (χ0) is 23.8. The first-order valence-corrected chi connectivity index (χ1v) is 11.2. The Hall–Kier alpha value is -2.72. The van der Waals surface area contributed by atoms with E-state index in [2.05, 4.69) is 20.6 Å². The van der Waals surface area contributed by atoms with Crippen molar-refractivity contribution < 1.29 is 23.2 Å². The van der Waals surface area contributed by atoms with Crippen LogP contribution in [0.3, 0.4) is 0 Å². The molecule has 2 aliphatic rings. The molecule has 1 aromatic carbocycles. The van der Waals surface area contributed by atoms with Crippen LogP contribution in [0.2, 0.25) is 0 Å². The van der Waals surface area contributed by atoms with Crippen molar-refractivity contribution in [3.63, 3.8) is 0 Å². The predicted octanol–water partition coefficient (Wildman–Crippen LogP) is 3.80. The minimum absolute atomic E-state index is 0.168. The molecular weight excluding hydrogens is 426 g/mol. The third kappa shape index (κ3) is 4.82. The van der Waals surface area contributed by atoms with Crippen LogP contribution in [0.4, 0.5) is 21.8 Å². The highest BCUT2D eigenvalue weighted by Gasteiger charge is 2.52. The summed E-state index contributed by atoms with van der Waals surface area (Å²) in [7, 11) is 0.600. The van der Waals surface area contributed by atoms with Crippen LogP contribution in [0.15, 0.2) is 24.4 Å². The van der Waals surface area contributed by atoms with E-state index in [-0.39, 0.29) is 17.8 Å². The van der Waals surface area contributed by atoms with Crippen molar-refractivity contribution in [1.29, 1.82) is 0 Å². The minimum atomic E-state index is -0.720. The second kappa shape index (κ2) is 8.91. The van der Waals surface area contributed by atoms with E-state index in [0.717, 1.165) is 31.9 Å². The number of esters is 1. The van der Waals surface area contributed by atoms with E-state index in [1.807, 2.05) is 27.7 Å². The highest BCUT2D eigenvalue weighted by Crippen LogP contribution is 2.37. The normalized spacial score (nSPS) is 19.5. The van der Waals surface area contributed by atoms with E-state index in [1.54, 1.807) is 18.2 Å². The van der Waals surface area contributed by atoms with Crippen molar-refractivity contribution >= 4 is 36.0 Å². The number of carbonyl (C=O) groups excluding carboxylic acids is 1. The smallest absolute Gasteiger partial charge is 0.465 e. The maximum absolute atomic E-state index is 14.2. The van der Waals surface area contributed by atoms with E-state index in [4.69, 9.17) is 14.0 Å². The van der Waals surface area contributed by atoms with Gasteiger partial charge in [-0.25, -0.2) is 14.2 Å². The molecule has 0 unspecified atom stereocenters. The van der Waals surface area contributed by atoms with Gasteiger partial charge in [0.05, 0.1) is 30.1 Å². The summed E-state index contributed by atoms with van der Waals surface area (Å²) in [5.41, 5.74) is 0.315. The number of ether oxygens (including phenoxy) is 1. The number of hydrogen-bond acceptors (Lipinski definition) is 8. The van der Waals surface area contributed by atoms with E-state index in [9.17, 15) is 9.18 Å². The molecule has 1 saturated heterocycles. The molecule has 0 spiro atoms. The lowest BCUT2D eigenvalue weighted by atomic mass is 9.75. The molecule has 1 aliphatic heterocycles. The van der Waals surface area contributed by atoms with Crippen molar-refractivity contribution in [2.24, 2.45) is 0 Å². The molecule has 2 fully saturated rings. The summed E-state index contributed by atoms with van der Waals surface area (Å²) in [5.74, 6) is -0.636. The molecule has 2 N–H and O–H groups in total. The lowest BCUT2D eigenvalue weighted by molar-refractivity contribution is 0.00578. The molecule has 1 aromatic heterocycles. The van der Waals surface area contributed by atoms with Crippen LogP contribution >= 0.6 is 0 Å². The van der Waals surface area contributed by atoms with Gasteiger partial charge in [0, 0.05) is 11.7 Å². The Balaban J connectivity index is 1.59. The number of carbonyl (C=O) groups is 1. The molecule has 33 heavy (non-hydrogen) atoms. The van der Waals surface area contributed by atoms with Crippen LogP contribution in [0.5, 0.6) is 0 Å². The number of nitrogens with zero attached hydrogens (tertiary/aromatic N) is 2. The molecule has 0 amide bonds. The van der Waals surface area contributed by atoms with Gasteiger partial charge in [0.15, 0.2) is 11.6 Å². The fourth-order valence-electron chi connectivity index (χ4n) is 4.02. The predicted molar refractivity (Wildman–Crippen MR) is 125 cm³/mol. The summed E-state index contributed by atoms with van der Waals surface area (Å²) in [6.45, 7) is 7.79. The number of methoxy groups -OCH3 is 1. The Morgan fingerprint density at radius 3 is 2.48 bits per heavy atom. The van der Waals surface area contributed by atoms with Crippen LogP contribution in [-0.2, 0) is 14.0 Å². The molecule has 1 aliphatic carbocycles. The second-order valence-electron chi connectivity index (χ2n) is 9.52.